The Kier molecular flexibility index (Phi) is 12.3. The molecule has 1 aromatic heterocycles. The normalized spacial score (nSPS) is 20.2. The van der Waals surface area contributed by atoms with Crippen LogP contribution in [0.15, 0.2) is 66.9 Å². The molecule has 294 valence electrons. The summed E-state index contributed by atoms with van der Waals surface area (Å²) in [6, 6.07) is 18.2. The zero-order valence-electron chi connectivity index (χ0n) is 34.3. The van der Waals surface area contributed by atoms with Crippen molar-refractivity contribution in [1.82, 2.24) is 25.0 Å². The fourth-order valence-corrected chi connectivity index (χ4v) is 9.47. The van der Waals surface area contributed by atoms with Crippen LogP contribution in [-0.2, 0) is 24.4 Å². The summed E-state index contributed by atoms with van der Waals surface area (Å²) < 4.78 is 45.4. The Morgan fingerprint density at radius 2 is 1.40 bits per heavy atom. The molecule has 0 radical (unpaired) electrons. The van der Waals surface area contributed by atoms with Crippen molar-refractivity contribution in [2.45, 2.75) is 72.1 Å². The lowest BCUT2D eigenvalue weighted by atomic mass is 9.26. The van der Waals surface area contributed by atoms with Gasteiger partial charge in [0.05, 0.1) is 5.54 Å². The third kappa shape index (κ3) is 8.49. The lowest BCUT2D eigenvalue weighted by Crippen LogP contribution is -2.91. The van der Waals surface area contributed by atoms with E-state index in [-0.39, 0.29) is 33.0 Å². The van der Waals surface area contributed by atoms with Gasteiger partial charge in [0.2, 0.25) is 5.91 Å². The Hall–Kier alpha value is -2.80. The van der Waals surface area contributed by atoms with Gasteiger partial charge in [0.1, 0.15) is 68.5 Å². The molecular weight excluding hydrogens is 763 g/mol. The number of piperazine rings is 1. The number of benzene rings is 3. The van der Waals surface area contributed by atoms with Crippen molar-refractivity contribution in [3.05, 3.63) is 88.0 Å². The number of hydrogen-bond acceptors (Lipinski definition) is 6. The molecule has 2 aliphatic rings. The van der Waals surface area contributed by atoms with E-state index < -0.39 is 11.9 Å². The van der Waals surface area contributed by atoms with Crippen molar-refractivity contribution in [3.63, 3.8) is 0 Å². The molecule has 0 spiro atoms. The summed E-state index contributed by atoms with van der Waals surface area (Å²) in [6.07, 6.45) is -0.880. The third-order valence-electron chi connectivity index (χ3n) is 13.6. The quantitative estimate of drug-likeness (QED) is 0.121. The van der Waals surface area contributed by atoms with E-state index in [1.54, 1.807) is 12.1 Å². The lowest BCUT2D eigenvalue weighted by Gasteiger charge is -2.74. The van der Waals surface area contributed by atoms with Gasteiger partial charge in [-0.05, 0) is 101 Å². The zero-order chi connectivity index (χ0) is 41.8. The van der Waals surface area contributed by atoms with Gasteiger partial charge in [-0.15, -0.1) is 13.2 Å². The van der Waals surface area contributed by atoms with Crippen LogP contribution in [0, 0.1) is 0 Å². The molecule has 2 saturated heterocycles. The van der Waals surface area contributed by atoms with Crippen molar-refractivity contribution in [1.29, 1.82) is 0 Å². The molecule has 1 amide bonds. The number of rotatable bonds is 11. The minimum Gasteiger partial charge on any atom is -0.406 e. The van der Waals surface area contributed by atoms with Crippen molar-refractivity contribution in [3.8, 4) is 16.9 Å². The molecule has 0 unspecified atom stereocenters. The number of fused-ring (bicyclic) bond motifs is 1. The number of nitrogens with one attached hydrogen (secondary N) is 2. The number of nitrogens with two attached hydrogens (primary N) is 1. The first-order valence-electron chi connectivity index (χ1n) is 19.7. The number of carbonyl (C=O) groups is 1. The minimum absolute atomic E-state index is 0.126. The molecule has 3 heterocycles. The monoisotopic (exact) mass is 812 g/mol. The topological polar surface area (TPSA) is 87.8 Å². The second-order valence-electron chi connectivity index (χ2n) is 17.8. The van der Waals surface area contributed by atoms with E-state index in [4.69, 9.17) is 28.9 Å². The van der Waals surface area contributed by atoms with Crippen molar-refractivity contribution in [2.24, 2.45) is 5.73 Å². The Bertz CT molecular complexity index is 2070. The highest BCUT2D eigenvalue weighted by Crippen LogP contribution is 2.45. The van der Waals surface area contributed by atoms with Gasteiger partial charge in [0.25, 0.3) is 0 Å². The number of carbonyl (C=O) groups excluding carboxylic acids is 1. The number of amides is 1. The summed E-state index contributed by atoms with van der Waals surface area (Å²) in [5, 5.41) is 7.19. The SMILES string of the molecule is BC1(B)N(Cc2ccc3c(c2)c(-c2ccc(OC(F)(F)F)cc2)cn3CCCNC(=O)C2(N)CCNCC2)C(B)(B)C(B)(B)N(Cc2c(Cl)cccc2Cl)C1(B)B. The number of halogens is 5. The van der Waals surface area contributed by atoms with E-state index in [1.807, 2.05) is 24.4 Å². The van der Waals surface area contributed by atoms with Crippen molar-refractivity contribution in [2.75, 3.05) is 19.6 Å². The molecule has 8 nitrogen and oxygen atoms in total. The van der Waals surface area contributed by atoms with Crippen LogP contribution >= 0.6 is 23.2 Å². The van der Waals surface area contributed by atoms with Gasteiger partial charge in [0.15, 0.2) is 0 Å². The molecule has 2 fully saturated rings. The van der Waals surface area contributed by atoms with Gasteiger partial charge in [-0.3, -0.25) is 4.79 Å². The Labute approximate surface area is 351 Å². The van der Waals surface area contributed by atoms with E-state index in [9.17, 15) is 18.0 Å². The van der Waals surface area contributed by atoms with Crippen LogP contribution in [0.4, 0.5) is 13.2 Å². The van der Waals surface area contributed by atoms with Crippen LogP contribution in [-0.4, -0.2) is 136 Å². The average Bonchev–Trinajstić information content (AvgIpc) is 3.48. The molecule has 4 N–H and O–H groups in total. The third-order valence-corrected chi connectivity index (χ3v) is 14.3. The fourth-order valence-electron chi connectivity index (χ4n) is 8.95. The summed E-state index contributed by atoms with van der Waals surface area (Å²) in [6.45, 7) is 3.74. The molecule has 21 heteroatoms. The first-order valence-corrected chi connectivity index (χ1v) is 20.5. The molecule has 0 saturated carbocycles. The van der Waals surface area contributed by atoms with E-state index in [2.05, 4.69) is 111 Å². The van der Waals surface area contributed by atoms with Crippen LogP contribution in [0.5, 0.6) is 5.75 Å². The predicted octanol–water partition coefficient (Wildman–Crippen LogP) is -1.90. The summed E-state index contributed by atoms with van der Waals surface area (Å²) in [5.74, 6) is -0.401. The molecule has 4 aromatic rings. The molecule has 57 heavy (non-hydrogen) atoms. The number of alkyl halides is 3. The molecule has 0 bridgehead atoms. The largest absolute Gasteiger partial charge is 0.573 e. The molecule has 6 rings (SSSR count). The number of nitrogens with zero attached hydrogens (tertiary/aromatic N) is 3. The summed E-state index contributed by atoms with van der Waals surface area (Å²) in [7, 11) is 18.3. The lowest BCUT2D eigenvalue weighted by molar-refractivity contribution is -0.274. The number of aromatic nitrogens is 1. The fraction of sp³-hybridized carbons (Fsp3) is 0.417. The molecule has 3 aromatic carbocycles. The van der Waals surface area contributed by atoms with Gasteiger partial charge in [-0.2, -0.15) is 0 Å². The van der Waals surface area contributed by atoms with Gasteiger partial charge in [-0.25, -0.2) is 0 Å². The van der Waals surface area contributed by atoms with Crippen LogP contribution < -0.4 is 21.1 Å². The molecule has 0 aliphatic carbocycles. The Morgan fingerprint density at radius 1 is 0.842 bits per heavy atom. The second-order valence-corrected chi connectivity index (χ2v) is 18.6. The summed E-state index contributed by atoms with van der Waals surface area (Å²) in [5.41, 5.74) is 10.2. The molecular formula is C36H49B8Cl2F3N6O2. The van der Waals surface area contributed by atoms with E-state index in [0.717, 1.165) is 33.2 Å². The van der Waals surface area contributed by atoms with Gasteiger partial charge in [-0.1, -0.05) is 47.5 Å². The highest BCUT2D eigenvalue weighted by Gasteiger charge is 2.61. The maximum Gasteiger partial charge on any atom is 0.573 e. The molecule has 2 aliphatic heterocycles. The Morgan fingerprint density at radius 3 is 1.96 bits per heavy atom. The molecule has 0 atom stereocenters. The average molecular weight is 812 g/mol. The zero-order valence-corrected chi connectivity index (χ0v) is 35.9. The maximum absolute atomic E-state index is 13.0. The second kappa shape index (κ2) is 16.0. The van der Waals surface area contributed by atoms with Crippen LogP contribution in [0.1, 0.15) is 30.4 Å². The van der Waals surface area contributed by atoms with Gasteiger partial charge < -0.3 is 35.5 Å². The number of ether oxygens (including phenoxy) is 1. The highest BCUT2D eigenvalue weighted by molar-refractivity contribution is 6.60. The minimum atomic E-state index is -4.78. The highest BCUT2D eigenvalue weighted by atomic mass is 35.5. The van der Waals surface area contributed by atoms with E-state index >= 15 is 0 Å². The van der Waals surface area contributed by atoms with Crippen LogP contribution in [0.3, 0.4) is 0 Å². The van der Waals surface area contributed by atoms with Crippen LogP contribution in [0.2, 0.25) is 10.0 Å². The maximum atomic E-state index is 13.0. The standard InChI is InChI=1S/C36H49B8Cl2F3N6O2/c37-32(38)34(41,42)55(20-26-27(45)3-1-4-28(26)46)35(43,44)33(39,40)54(32)18-21-5-10-29-24(17-21)25(22-6-8-23(9-7-22)57-36(47,48)49)19-53(29)16-2-13-52-30(56)31(50)11-14-51-15-12-31/h1,3-10,17,19,51H,2,11-16,18,20,37-44,50H2,(H,52,56). The number of hydrogen-bond donors (Lipinski definition) is 3. The summed E-state index contributed by atoms with van der Waals surface area (Å²) in [4.78, 5) is 18.1. The summed E-state index contributed by atoms with van der Waals surface area (Å²) >= 11 is 13.5. The van der Waals surface area contributed by atoms with Gasteiger partial charge in [0, 0.05) is 64.5 Å². The van der Waals surface area contributed by atoms with Gasteiger partial charge >= 0.3 is 6.36 Å². The number of aryl methyl sites for hydroxylation is 1. The first kappa shape index (κ1) is 43.8. The Balaban J connectivity index is 1.32. The van der Waals surface area contributed by atoms with E-state index in [0.29, 0.717) is 68.6 Å². The first-order chi connectivity index (χ1) is 26.5. The predicted molar refractivity (Wildman–Crippen MR) is 248 cm³/mol. The smallest absolute Gasteiger partial charge is 0.406 e. The van der Waals surface area contributed by atoms with E-state index in [1.165, 1.54) is 12.1 Å². The van der Waals surface area contributed by atoms with Crippen molar-refractivity contribution < 1.29 is 22.7 Å². The number of piperidine rings is 1. The van der Waals surface area contributed by atoms with Crippen LogP contribution in [0.25, 0.3) is 22.0 Å². The van der Waals surface area contributed by atoms with Crippen molar-refractivity contribution >= 4 is 103 Å².